The molecule has 2 aromatic heterocycles. The topological polar surface area (TPSA) is 72.1 Å². The van der Waals surface area contributed by atoms with E-state index in [2.05, 4.69) is 21.8 Å². The first-order valence-electron chi connectivity index (χ1n) is 6.06. The molecule has 0 aromatic carbocycles. The van der Waals surface area contributed by atoms with Crippen LogP contribution in [0, 0.1) is 11.8 Å². The molecule has 0 aliphatic rings. The normalized spacial score (nSPS) is 9.50. The molecule has 0 radical (unpaired) electrons. The average Bonchev–Trinajstić information content (AvgIpc) is 2.52. The number of nitrogens with two attached hydrogens (primary N) is 1. The summed E-state index contributed by atoms with van der Waals surface area (Å²) in [6, 6.07) is 7.06. The first-order valence-corrected chi connectivity index (χ1v) is 6.06. The van der Waals surface area contributed by atoms with E-state index in [1.165, 1.54) is 4.90 Å². The van der Waals surface area contributed by atoms with E-state index in [1.54, 1.807) is 49.9 Å². The van der Waals surface area contributed by atoms with E-state index in [0.29, 0.717) is 16.9 Å². The van der Waals surface area contributed by atoms with Crippen molar-refractivity contribution in [1.82, 2.24) is 9.97 Å². The number of nitrogens with zero attached hydrogens (tertiary/aromatic N) is 3. The molecule has 5 heteroatoms. The zero-order valence-corrected chi connectivity index (χ0v) is 11.1. The highest BCUT2D eigenvalue weighted by atomic mass is 16.2. The largest absolute Gasteiger partial charge is 0.320 e. The van der Waals surface area contributed by atoms with Crippen LogP contribution in [-0.4, -0.2) is 29.5 Å². The van der Waals surface area contributed by atoms with E-state index in [4.69, 9.17) is 5.73 Å². The van der Waals surface area contributed by atoms with Gasteiger partial charge in [-0.3, -0.25) is 9.78 Å². The number of carbonyl (C=O) groups is 1. The van der Waals surface area contributed by atoms with E-state index in [-0.39, 0.29) is 12.5 Å². The van der Waals surface area contributed by atoms with E-state index in [1.807, 2.05) is 0 Å². The lowest BCUT2D eigenvalue weighted by molar-refractivity contribution is 0.0988. The van der Waals surface area contributed by atoms with Gasteiger partial charge in [0.2, 0.25) is 0 Å². The molecule has 5 nitrogen and oxygen atoms in total. The standard InChI is InChI=1S/C15H14N4O/c1-19(13-7-4-9-17-11-13)15(20)14-12(5-2-8-16)6-3-10-18-14/h3-4,6-7,9-11H,8,16H2,1H3. The van der Waals surface area contributed by atoms with Crippen LogP contribution < -0.4 is 10.6 Å². The molecule has 0 bridgehead atoms. The van der Waals surface area contributed by atoms with Gasteiger partial charge in [0.15, 0.2) is 0 Å². The quantitative estimate of drug-likeness (QED) is 0.825. The second-order valence-electron chi connectivity index (χ2n) is 3.98. The highest BCUT2D eigenvalue weighted by Crippen LogP contribution is 2.14. The average molecular weight is 266 g/mol. The zero-order chi connectivity index (χ0) is 14.4. The van der Waals surface area contributed by atoms with Crippen molar-refractivity contribution in [3.8, 4) is 11.8 Å². The van der Waals surface area contributed by atoms with Crippen LogP contribution in [0.3, 0.4) is 0 Å². The Morgan fingerprint density at radius 3 is 2.85 bits per heavy atom. The summed E-state index contributed by atoms with van der Waals surface area (Å²) in [4.78, 5) is 22.1. The van der Waals surface area contributed by atoms with Crippen molar-refractivity contribution in [2.45, 2.75) is 0 Å². The van der Waals surface area contributed by atoms with E-state index in [0.717, 1.165) is 0 Å². The molecule has 0 unspecified atom stereocenters. The summed E-state index contributed by atoms with van der Waals surface area (Å²) in [5.74, 6) is 5.36. The van der Waals surface area contributed by atoms with Crippen LogP contribution in [-0.2, 0) is 0 Å². The van der Waals surface area contributed by atoms with Gasteiger partial charge in [0.05, 0.1) is 24.0 Å². The van der Waals surface area contributed by atoms with Crippen molar-refractivity contribution in [1.29, 1.82) is 0 Å². The van der Waals surface area contributed by atoms with Crippen molar-refractivity contribution < 1.29 is 4.79 Å². The molecule has 0 atom stereocenters. The van der Waals surface area contributed by atoms with Crippen LogP contribution in [0.15, 0.2) is 42.9 Å². The summed E-state index contributed by atoms with van der Waals surface area (Å²) in [6.45, 7) is 0.237. The van der Waals surface area contributed by atoms with Crippen LogP contribution in [0.2, 0.25) is 0 Å². The molecular weight excluding hydrogens is 252 g/mol. The summed E-state index contributed by atoms with van der Waals surface area (Å²) in [7, 11) is 1.67. The molecule has 20 heavy (non-hydrogen) atoms. The number of anilines is 1. The Kier molecular flexibility index (Phi) is 4.43. The Hall–Kier alpha value is -2.71. The number of hydrogen-bond acceptors (Lipinski definition) is 4. The van der Waals surface area contributed by atoms with Crippen LogP contribution in [0.25, 0.3) is 0 Å². The van der Waals surface area contributed by atoms with Crippen molar-refractivity contribution in [2.75, 3.05) is 18.5 Å². The lowest BCUT2D eigenvalue weighted by Crippen LogP contribution is -2.28. The monoisotopic (exact) mass is 266 g/mol. The predicted molar refractivity (Wildman–Crippen MR) is 77.1 cm³/mol. The maximum absolute atomic E-state index is 12.5. The fraction of sp³-hybridized carbons (Fsp3) is 0.133. The zero-order valence-electron chi connectivity index (χ0n) is 11.1. The van der Waals surface area contributed by atoms with Crippen molar-refractivity contribution in [3.05, 3.63) is 54.1 Å². The Morgan fingerprint density at radius 2 is 2.15 bits per heavy atom. The molecule has 0 aliphatic carbocycles. The minimum absolute atomic E-state index is 0.236. The summed E-state index contributed by atoms with van der Waals surface area (Å²) in [6.07, 6.45) is 4.84. The Bertz CT molecular complexity index is 658. The molecule has 1 amide bonds. The molecule has 0 saturated heterocycles. The molecule has 0 saturated carbocycles. The predicted octanol–water partition coefficient (Wildman–Crippen LogP) is 1.06. The Labute approximate surface area is 117 Å². The van der Waals surface area contributed by atoms with Crippen LogP contribution >= 0.6 is 0 Å². The highest BCUT2D eigenvalue weighted by Gasteiger charge is 2.17. The van der Waals surface area contributed by atoms with Gasteiger partial charge in [0, 0.05) is 19.4 Å². The number of hydrogen-bond donors (Lipinski definition) is 1. The fourth-order valence-corrected chi connectivity index (χ4v) is 1.65. The second-order valence-corrected chi connectivity index (χ2v) is 3.98. The van der Waals surface area contributed by atoms with Gasteiger partial charge < -0.3 is 10.6 Å². The first-order chi connectivity index (χ1) is 9.74. The minimum Gasteiger partial charge on any atom is -0.320 e. The molecule has 0 aliphatic heterocycles. The lowest BCUT2D eigenvalue weighted by atomic mass is 10.1. The van der Waals surface area contributed by atoms with E-state index >= 15 is 0 Å². The maximum Gasteiger partial charge on any atom is 0.277 e. The number of aromatic nitrogens is 2. The summed E-state index contributed by atoms with van der Waals surface area (Å²) in [5.41, 5.74) is 6.92. The molecule has 2 aromatic rings. The van der Waals surface area contributed by atoms with Gasteiger partial charge in [-0.15, -0.1) is 0 Å². The molecule has 0 fully saturated rings. The van der Waals surface area contributed by atoms with Gasteiger partial charge in [-0.25, -0.2) is 4.98 Å². The van der Waals surface area contributed by atoms with Crippen LogP contribution in [0.5, 0.6) is 0 Å². The van der Waals surface area contributed by atoms with E-state index in [9.17, 15) is 4.79 Å². The molecule has 2 rings (SSSR count). The Balaban J connectivity index is 2.34. The van der Waals surface area contributed by atoms with E-state index < -0.39 is 0 Å². The number of pyridine rings is 2. The van der Waals surface area contributed by atoms with Gasteiger partial charge in [-0.1, -0.05) is 11.8 Å². The first kappa shape index (κ1) is 13.7. The van der Waals surface area contributed by atoms with Gasteiger partial charge in [-0.05, 0) is 24.3 Å². The van der Waals surface area contributed by atoms with Crippen LogP contribution in [0.1, 0.15) is 16.1 Å². The highest BCUT2D eigenvalue weighted by molar-refractivity contribution is 6.05. The molecular formula is C15H14N4O. The summed E-state index contributed by atoms with van der Waals surface area (Å²) < 4.78 is 0. The molecule has 2 N–H and O–H groups in total. The number of carbonyl (C=O) groups excluding carboxylic acids is 1. The lowest BCUT2D eigenvalue weighted by Gasteiger charge is -2.16. The smallest absolute Gasteiger partial charge is 0.277 e. The molecule has 2 heterocycles. The number of rotatable bonds is 2. The van der Waals surface area contributed by atoms with Gasteiger partial charge in [0.1, 0.15) is 5.69 Å². The third-order valence-electron chi connectivity index (χ3n) is 2.67. The van der Waals surface area contributed by atoms with Crippen molar-refractivity contribution >= 4 is 11.6 Å². The maximum atomic E-state index is 12.5. The summed E-state index contributed by atoms with van der Waals surface area (Å²) >= 11 is 0. The third-order valence-corrected chi connectivity index (χ3v) is 2.67. The molecule has 0 spiro atoms. The van der Waals surface area contributed by atoms with Crippen molar-refractivity contribution in [3.63, 3.8) is 0 Å². The van der Waals surface area contributed by atoms with Gasteiger partial charge >= 0.3 is 0 Å². The molecule has 100 valence electrons. The SMILES string of the molecule is CN(C(=O)c1ncccc1C#CCN)c1cccnc1. The number of amides is 1. The van der Waals surface area contributed by atoms with Crippen LogP contribution in [0.4, 0.5) is 5.69 Å². The van der Waals surface area contributed by atoms with Crippen molar-refractivity contribution in [2.24, 2.45) is 5.73 Å². The Morgan fingerprint density at radius 1 is 1.35 bits per heavy atom. The third kappa shape index (κ3) is 2.99. The second kappa shape index (κ2) is 6.45. The van der Waals surface area contributed by atoms with Gasteiger partial charge in [-0.2, -0.15) is 0 Å². The van der Waals surface area contributed by atoms with Gasteiger partial charge in [0.25, 0.3) is 5.91 Å². The summed E-state index contributed by atoms with van der Waals surface area (Å²) in [5, 5.41) is 0. The minimum atomic E-state index is -0.236. The fourth-order valence-electron chi connectivity index (χ4n) is 1.65.